The van der Waals surface area contributed by atoms with Crippen molar-refractivity contribution < 1.29 is 18.9 Å². The fraction of sp³-hybridized carbons (Fsp3) is 0.150. The van der Waals surface area contributed by atoms with E-state index in [9.17, 15) is 4.79 Å². The van der Waals surface area contributed by atoms with Crippen LogP contribution in [0.15, 0.2) is 65.0 Å². The van der Waals surface area contributed by atoms with Crippen molar-refractivity contribution in [3.63, 3.8) is 0 Å². The standard InChI is InChI=1S/C20H17N3O4S/c1-25-15-9-7-13(8-10-15)16-19(23-27-22-16)21-20(24)17-18(28-12-11-26-17)14-5-3-2-4-6-14/h2-10H,11-12H2,1H3,(H,21,23,24). The Morgan fingerprint density at radius 3 is 2.61 bits per heavy atom. The van der Waals surface area contributed by atoms with Gasteiger partial charge >= 0.3 is 0 Å². The molecular weight excluding hydrogens is 378 g/mol. The van der Waals surface area contributed by atoms with Gasteiger partial charge in [-0.15, -0.1) is 11.8 Å². The number of carbonyl (C=O) groups is 1. The molecule has 0 atom stereocenters. The summed E-state index contributed by atoms with van der Waals surface area (Å²) >= 11 is 1.59. The van der Waals surface area contributed by atoms with E-state index in [0.717, 1.165) is 27.5 Å². The van der Waals surface area contributed by atoms with Crippen molar-refractivity contribution in [1.29, 1.82) is 0 Å². The molecule has 3 aromatic rings. The SMILES string of the molecule is COc1ccc(-c2nonc2NC(=O)C2=C(c3ccccc3)SCCO2)cc1. The average molecular weight is 395 g/mol. The van der Waals surface area contributed by atoms with Crippen LogP contribution in [0, 0.1) is 0 Å². The molecule has 1 N–H and O–H groups in total. The zero-order valence-corrected chi connectivity index (χ0v) is 15.9. The van der Waals surface area contributed by atoms with E-state index in [1.807, 2.05) is 42.5 Å². The Labute approximate surface area is 165 Å². The van der Waals surface area contributed by atoms with Gasteiger partial charge in [-0.05, 0) is 40.1 Å². The van der Waals surface area contributed by atoms with Crippen LogP contribution in [0.2, 0.25) is 0 Å². The Morgan fingerprint density at radius 2 is 1.86 bits per heavy atom. The number of nitrogens with zero attached hydrogens (tertiary/aromatic N) is 2. The highest BCUT2D eigenvalue weighted by Crippen LogP contribution is 2.35. The number of methoxy groups -OCH3 is 1. The summed E-state index contributed by atoms with van der Waals surface area (Å²) in [7, 11) is 1.60. The molecule has 0 saturated carbocycles. The summed E-state index contributed by atoms with van der Waals surface area (Å²) in [6.45, 7) is 0.464. The summed E-state index contributed by atoms with van der Waals surface area (Å²) in [6.07, 6.45) is 0. The summed E-state index contributed by atoms with van der Waals surface area (Å²) in [5, 5.41) is 10.5. The second-order valence-electron chi connectivity index (χ2n) is 5.87. The van der Waals surface area contributed by atoms with Crippen LogP contribution in [0.5, 0.6) is 5.75 Å². The van der Waals surface area contributed by atoms with Gasteiger partial charge in [0.2, 0.25) is 5.82 Å². The molecule has 142 valence electrons. The maximum absolute atomic E-state index is 12.9. The highest BCUT2D eigenvalue weighted by Gasteiger charge is 2.25. The summed E-state index contributed by atoms with van der Waals surface area (Å²) in [6, 6.07) is 16.9. The first kappa shape index (κ1) is 18.1. The van der Waals surface area contributed by atoms with E-state index in [-0.39, 0.29) is 11.6 Å². The number of carbonyl (C=O) groups excluding carboxylic acids is 1. The minimum Gasteiger partial charge on any atom is -0.497 e. The molecule has 1 aromatic heterocycles. The zero-order chi connectivity index (χ0) is 19.3. The van der Waals surface area contributed by atoms with E-state index in [1.54, 1.807) is 31.0 Å². The molecule has 1 aliphatic rings. The van der Waals surface area contributed by atoms with Crippen LogP contribution in [0.1, 0.15) is 5.56 Å². The van der Waals surface area contributed by atoms with Crippen molar-refractivity contribution in [3.8, 4) is 17.0 Å². The predicted octanol–water partition coefficient (Wildman–Crippen LogP) is 3.82. The molecule has 0 fully saturated rings. The van der Waals surface area contributed by atoms with Crippen molar-refractivity contribution in [2.45, 2.75) is 0 Å². The predicted molar refractivity (Wildman–Crippen MR) is 107 cm³/mol. The lowest BCUT2D eigenvalue weighted by Crippen LogP contribution is -2.21. The van der Waals surface area contributed by atoms with Gasteiger partial charge in [-0.1, -0.05) is 30.3 Å². The Hall–Kier alpha value is -3.26. The van der Waals surface area contributed by atoms with E-state index in [2.05, 4.69) is 15.6 Å². The molecular formula is C20H17N3O4S. The third kappa shape index (κ3) is 3.72. The van der Waals surface area contributed by atoms with Crippen LogP contribution in [0.3, 0.4) is 0 Å². The summed E-state index contributed by atoms with van der Waals surface area (Å²) in [5.74, 6) is 1.61. The molecule has 1 amide bonds. The number of anilines is 1. The number of nitrogens with one attached hydrogen (secondary N) is 1. The van der Waals surface area contributed by atoms with Crippen molar-refractivity contribution in [2.24, 2.45) is 0 Å². The van der Waals surface area contributed by atoms with E-state index >= 15 is 0 Å². The first-order chi connectivity index (χ1) is 13.8. The molecule has 1 aliphatic heterocycles. The van der Waals surface area contributed by atoms with Gasteiger partial charge in [0.15, 0.2) is 11.5 Å². The molecule has 2 aromatic carbocycles. The Bertz CT molecular complexity index is 1000. The minimum atomic E-state index is -0.392. The van der Waals surface area contributed by atoms with Crippen molar-refractivity contribution in [2.75, 3.05) is 24.8 Å². The van der Waals surface area contributed by atoms with Gasteiger partial charge in [0.05, 0.1) is 18.6 Å². The molecule has 4 rings (SSSR count). The monoisotopic (exact) mass is 395 g/mol. The third-order valence-electron chi connectivity index (χ3n) is 4.11. The minimum absolute atomic E-state index is 0.231. The number of amides is 1. The number of rotatable bonds is 5. The second-order valence-corrected chi connectivity index (χ2v) is 6.97. The first-order valence-electron chi connectivity index (χ1n) is 8.60. The van der Waals surface area contributed by atoms with Gasteiger partial charge in [-0.2, -0.15) is 0 Å². The van der Waals surface area contributed by atoms with Gasteiger partial charge in [0, 0.05) is 11.3 Å². The number of ether oxygens (including phenoxy) is 2. The number of aromatic nitrogens is 2. The maximum Gasteiger partial charge on any atom is 0.293 e. The summed E-state index contributed by atoms with van der Waals surface area (Å²) < 4.78 is 15.7. The van der Waals surface area contributed by atoms with Crippen LogP contribution in [0.25, 0.3) is 16.2 Å². The van der Waals surface area contributed by atoms with Crippen LogP contribution in [0.4, 0.5) is 5.82 Å². The molecule has 8 heteroatoms. The molecule has 2 heterocycles. The number of thioether (sulfide) groups is 1. The number of hydrogen-bond acceptors (Lipinski definition) is 7. The van der Waals surface area contributed by atoms with Crippen LogP contribution >= 0.6 is 11.8 Å². The molecule has 0 saturated heterocycles. The Morgan fingerprint density at radius 1 is 1.07 bits per heavy atom. The quantitative estimate of drug-likeness (QED) is 0.703. The Balaban J connectivity index is 1.61. The van der Waals surface area contributed by atoms with Gasteiger partial charge in [0.1, 0.15) is 5.75 Å². The van der Waals surface area contributed by atoms with Crippen molar-refractivity contribution in [3.05, 3.63) is 65.9 Å². The van der Waals surface area contributed by atoms with E-state index in [4.69, 9.17) is 14.1 Å². The first-order valence-corrected chi connectivity index (χ1v) is 9.58. The molecule has 0 radical (unpaired) electrons. The van der Waals surface area contributed by atoms with Crippen LogP contribution in [-0.2, 0) is 9.53 Å². The maximum atomic E-state index is 12.9. The lowest BCUT2D eigenvalue weighted by atomic mass is 10.1. The highest BCUT2D eigenvalue weighted by atomic mass is 32.2. The lowest BCUT2D eigenvalue weighted by molar-refractivity contribution is -0.115. The van der Waals surface area contributed by atoms with E-state index in [1.165, 1.54) is 0 Å². The fourth-order valence-corrected chi connectivity index (χ4v) is 3.72. The van der Waals surface area contributed by atoms with E-state index in [0.29, 0.717) is 12.3 Å². The van der Waals surface area contributed by atoms with Crippen LogP contribution in [-0.4, -0.2) is 35.7 Å². The third-order valence-corrected chi connectivity index (χ3v) is 5.19. The van der Waals surface area contributed by atoms with Crippen molar-refractivity contribution >= 4 is 28.4 Å². The van der Waals surface area contributed by atoms with Crippen LogP contribution < -0.4 is 10.1 Å². The molecule has 28 heavy (non-hydrogen) atoms. The number of hydrogen-bond donors (Lipinski definition) is 1. The second kappa shape index (κ2) is 8.18. The fourth-order valence-electron chi connectivity index (χ4n) is 2.76. The smallest absolute Gasteiger partial charge is 0.293 e. The lowest BCUT2D eigenvalue weighted by Gasteiger charge is -2.20. The van der Waals surface area contributed by atoms with Gasteiger partial charge in [-0.25, -0.2) is 4.63 Å². The normalized spacial score (nSPS) is 13.8. The molecule has 7 nitrogen and oxygen atoms in total. The largest absolute Gasteiger partial charge is 0.497 e. The summed E-state index contributed by atoms with van der Waals surface area (Å²) in [5.41, 5.74) is 2.11. The highest BCUT2D eigenvalue weighted by molar-refractivity contribution is 8.08. The molecule has 0 spiro atoms. The van der Waals surface area contributed by atoms with Crippen molar-refractivity contribution in [1.82, 2.24) is 10.3 Å². The summed E-state index contributed by atoms with van der Waals surface area (Å²) in [4.78, 5) is 13.7. The number of benzene rings is 2. The van der Waals surface area contributed by atoms with E-state index < -0.39 is 5.91 Å². The Kier molecular flexibility index (Phi) is 5.29. The topological polar surface area (TPSA) is 86.5 Å². The van der Waals surface area contributed by atoms with Gasteiger partial charge < -0.3 is 9.47 Å². The zero-order valence-electron chi connectivity index (χ0n) is 15.0. The molecule has 0 unspecified atom stereocenters. The molecule has 0 bridgehead atoms. The van der Waals surface area contributed by atoms with Gasteiger partial charge in [0.25, 0.3) is 5.91 Å². The average Bonchev–Trinajstić information content (AvgIpc) is 3.22. The van der Waals surface area contributed by atoms with Gasteiger partial charge in [-0.3, -0.25) is 10.1 Å². The molecule has 0 aliphatic carbocycles.